The van der Waals surface area contributed by atoms with Gasteiger partial charge in [-0.05, 0) is 5.56 Å². The summed E-state index contributed by atoms with van der Waals surface area (Å²) < 4.78 is 1.68. The van der Waals surface area contributed by atoms with Crippen molar-refractivity contribution in [1.82, 2.24) is 9.78 Å². The minimum Gasteiger partial charge on any atom is -0.396 e. The van der Waals surface area contributed by atoms with Crippen molar-refractivity contribution in [2.45, 2.75) is 6.54 Å². The maximum Gasteiger partial charge on any atom is 0.269 e. The molecule has 2 aromatic rings. The summed E-state index contributed by atoms with van der Waals surface area (Å²) >= 11 is 0. The van der Waals surface area contributed by atoms with Gasteiger partial charge in [0.1, 0.15) is 0 Å². The summed E-state index contributed by atoms with van der Waals surface area (Å²) in [5, 5.41) is 14.5. The molecule has 0 bridgehead atoms. The predicted molar refractivity (Wildman–Crippen MR) is 58.8 cm³/mol. The van der Waals surface area contributed by atoms with Gasteiger partial charge < -0.3 is 5.73 Å². The van der Waals surface area contributed by atoms with E-state index in [0.717, 1.165) is 5.56 Å². The Labute approximate surface area is 91.5 Å². The van der Waals surface area contributed by atoms with E-state index < -0.39 is 4.92 Å². The summed E-state index contributed by atoms with van der Waals surface area (Å²) in [6, 6.07) is 6.36. The summed E-state index contributed by atoms with van der Waals surface area (Å²) in [5.41, 5.74) is 7.15. The molecule has 0 aliphatic carbocycles. The standard InChI is InChI=1S/C10H10N4O2/c11-9-5-12-13(7-9)6-8-1-3-10(4-2-8)14(15)16/h1-5,7H,6,11H2. The molecule has 0 spiro atoms. The maximum absolute atomic E-state index is 10.4. The van der Waals surface area contributed by atoms with Crippen LogP contribution in [0.15, 0.2) is 36.7 Å². The van der Waals surface area contributed by atoms with E-state index in [2.05, 4.69) is 5.10 Å². The minimum absolute atomic E-state index is 0.0868. The summed E-state index contributed by atoms with van der Waals surface area (Å²) in [5.74, 6) is 0. The number of nitrogens with zero attached hydrogens (tertiary/aromatic N) is 3. The molecule has 0 amide bonds. The van der Waals surface area contributed by atoms with Gasteiger partial charge in [-0.3, -0.25) is 14.8 Å². The Balaban J connectivity index is 2.14. The second-order valence-electron chi connectivity index (χ2n) is 3.39. The van der Waals surface area contributed by atoms with E-state index in [0.29, 0.717) is 12.2 Å². The van der Waals surface area contributed by atoms with Gasteiger partial charge in [0.05, 0.1) is 23.4 Å². The maximum atomic E-state index is 10.4. The van der Waals surface area contributed by atoms with Crippen molar-refractivity contribution in [3.63, 3.8) is 0 Å². The number of hydrogen-bond donors (Lipinski definition) is 1. The molecule has 0 radical (unpaired) electrons. The number of nitrogens with two attached hydrogens (primary N) is 1. The number of hydrogen-bond acceptors (Lipinski definition) is 4. The van der Waals surface area contributed by atoms with Crippen molar-refractivity contribution < 1.29 is 4.92 Å². The molecule has 0 aliphatic rings. The summed E-state index contributed by atoms with van der Waals surface area (Å²) in [4.78, 5) is 10.0. The van der Waals surface area contributed by atoms with Gasteiger partial charge in [0.2, 0.25) is 0 Å². The molecule has 16 heavy (non-hydrogen) atoms. The zero-order valence-corrected chi connectivity index (χ0v) is 8.41. The average molecular weight is 218 g/mol. The van der Waals surface area contributed by atoms with Crippen LogP contribution in [0.2, 0.25) is 0 Å². The summed E-state index contributed by atoms with van der Waals surface area (Å²) in [6.45, 7) is 0.551. The van der Waals surface area contributed by atoms with Crippen LogP contribution in [0.1, 0.15) is 5.56 Å². The average Bonchev–Trinajstić information content (AvgIpc) is 2.65. The smallest absolute Gasteiger partial charge is 0.269 e. The van der Waals surface area contributed by atoms with Gasteiger partial charge in [0.25, 0.3) is 5.69 Å². The molecule has 1 aromatic heterocycles. The third kappa shape index (κ3) is 2.17. The highest BCUT2D eigenvalue weighted by atomic mass is 16.6. The van der Waals surface area contributed by atoms with Crippen LogP contribution in [0.5, 0.6) is 0 Å². The van der Waals surface area contributed by atoms with Gasteiger partial charge >= 0.3 is 0 Å². The first-order valence-electron chi connectivity index (χ1n) is 4.66. The Morgan fingerprint density at radius 2 is 2.06 bits per heavy atom. The lowest BCUT2D eigenvalue weighted by Gasteiger charge is -2.00. The number of nitrogen functional groups attached to an aromatic ring is 1. The van der Waals surface area contributed by atoms with E-state index >= 15 is 0 Å². The van der Waals surface area contributed by atoms with Gasteiger partial charge in [0.15, 0.2) is 0 Å². The van der Waals surface area contributed by atoms with Crippen LogP contribution < -0.4 is 5.73 Å². The monoisotopic (exact) mass is 218 g/mol. The lowest BCUT2D eigenvalue weighted by Crippen LogP contribution is -2.00. The molecule has 0 saturated carbocycles. The fourth-order valence-corrected chi connectivity index (χ4v) is 1.38. The van der Waals surface area contributed by atoms with E-state index in [1.807, 2.05) is 0 Å². The number of anilines is 1. The van der Waals surface area contributed by atoms with Crippen molar-refractivity contribution in [2.24, 2.45) is 0 Å². The molecule has 1 heterocycles. The molecular formula is C10H10N4O2. The van der Waals surface area contributed by atoms with Crippen molar-refractivity contribution in [1.29, 1.82) is 0 Å². The highest BCUT2D eigenvalue weighted by Gasteiger charge is 2.04. The van der Waals surface area contributed by atoms with Crippen molar-refractivity contribution in [3.05, 3.63) is 52.3 Å². The van der Waals surface area contributed by atoms with Crippen molar-refractivity contribution in [3.8, 4) is 0 Å². The Morgan fingerprint density at radius 3 is 2.56 bits per heavy atom. The van der Waals surface area contributed by atoms with E-state index in [1.165, 1.54) is 12.1 Å². The number of non-ortho nitro benzene ring substituents is 1. The lowest BCUT2D eigenvalue weighted by molar-refractivity contribution is -0.384. The predicted octanol–water partition coefficient (Wildman–Crippen LogP) is 1.42. The molecule has 6 nitrogen and oxygen atoms in total. The summed E-state index contributed by atoms with van der Waals surface area (Å²) in [6.07, 6.45) is 3.27. The Bertz CT molecular complexity index is 504. The Hall–Kier alpha value is -2.37. The number of nitro groups is 1. The first kappa shape index (κ1) is 10.2. The molecule has 0 fully saturated rings. The van der Waals surface area contributed by atoms with Crippen LogP contribution in [-0.2, 0) is 6.54 Å². The van der Waals surface area contributed by atoms with Crippen LogP contribution in [0.25, 0.3) is 0 Å². The Morgan fingerprint density at radius 1 is 1.38 bits per heavy atom. The van der Waals surface area contributed by atoms with E-state index in [1.54, 1.807) is 29.2 Å². The highest BCUT2D eigenvalue weighted by Crippen LogP contribution is 2.12. The molecular weight excluding hydrogens is 208 g/mol. The first-order chi connectivity index (χ1) is 7.65. The SMILES string of the molecule is Nc1cnn(Cc2ccc([N+](=O)[O-])cc2)c1. The summed E-state index contributed by atoms with van der Waals surface area (Å²) in [7, 11) is 0. The van der Waals surface area contributed by atoms with Gasteiger partial charge in [0, 0.05) is 18.3 Å². The zero-order valence-electron chi connectivity index (χ0n) is 8.41. The molecule has 82 valence electrons. The molecule has 2 N–H and O–H groups in total. The normalized spacial score (nSPS) is 10.2. The van der Waals surface area contributed by atoms with E-state index in [-0.39, 0.29) is 5.69 Å². The molecule has 1 aromatic carbocycles. The van der Waals surface area contributed by atoms with Gasteiger partial charge in [-0.15, -0.1) is 0 Å². The topological polar surface area (TPSA) is 87.0 Å². The third-order valence-corrected chi connectivity index (χ3v) is 2.14. The number of nitro benzene ring substituents is 1. The van der Waals surface area contributed by atoms with Crippen LogP contribution in [0.3, 0.4) is 0 Å². The minimum atomic E-state index is -0.421. The molecule has 0 aliphatic heterocycles. The van der Waals surface area contributed by atoms with Crippen molar-refractivity contribution >= 4 is 11.4 Å². The number of aromatic nitrogens is 2. The van der Waals surface area contributed by atoms with E-state index in [4.69, 9.17) is 5.73 Å². The number of rotatable bonds is 3. The van der Waals surface area contributed by atoms with E-state index in [9.17, 15) is 10.1 Å². The third-order valence-electron chi connectivity index (χ3n) is 2.14. The van der Waals surface area contributed by atoms with Gasteiger partial charge in [-0.2, -0.15) is 5.10 Å². The van der Waals surface area contributed by atoms with Crippen LogP contribution in [0, 0.1) is 10.1 Å². The molecule has 0 atom stereocenters. The second-order valence-corrected chi connectivity index (χ2v) is 3.39. The van der Waals surface area contributed by atoms with Gasteiger partial charge in [-0.1, -0.05) is 12.1 Å². The molecule has 6 heteroatoms. The first-order valence-corrected chi connectivity index (χ1v) is 4.66. The quantitative estimate of drug-likeness (QED) is 0.623. The van der Waals surface area contributed by atoms with Crippen molar-refractivity contribution in [2.75, 3.05) is 5.73 Å². The Kier molecular flexibility index (Phi) is 2.55. The molecule has 0 saturated heterocycles. The lowest BCUT2D eigenvalue weighted by atomic mass is 10.2. The highest BCUT2D eigenvalue weighted by molar-refractivity contribution is 5.34. The molecule has 0 unspecified atom stereocenters. The molecule has 2 rings (SSSR count). The van der Waals surface area contributed by atoms with Gasteiger partial charge in [-0.25, -0.2) is 0 Å². The number of benzene rings is 1. The van der Waals surface area contributed by atoms with Crippen LogP contribution >= 0.6 is 0 Å². The van der Waals surface area contributed by atoms with Crippen LogP contribution in [0.4, 0.5) is 11.4 Å². The fourth-order valence-electron chi connectivity index (χ4n) is 1.38. The zero-order chi connectivity index (χ0) is 11.5. The second kappa shape index (κ2) is 4.01. The van der Waals surface area contributed by atoms with Crippen LogP contribution in [-0.4, -0.2) is 14.7 Å². The largest absolute Gasteiger partial charge is 0.396 e. The fraction of sp³-hybridized carbons (Fsp3) is 0.100.